The minimum Gasteiger partial charge on any atom is -0.334 e. The molecule has 0 aromatic heterocycles. The summed E-state index contributed by atoms with van der Waals surface area (Å²) in [7, 11) is 80.4. The Hall–Kier alpha value is -5.26. The third-order valence-electron chi connectivity index (χ3n) is 28.3. The SMILES string of the molecule is BC1=C(B)C(B)C2=C1C1(C/C(=C(B)\C(B)=C(\B)C#C)c3c(B)c(B)c(B)c(B)c31)c1c(B)c(B)c(B)c(C3=C(B)C(c4c(B)c(B)c5c6c(B)c(B)c(B)c(B)c6c6c(B)c(B)c(B)c(B)c6c5c4B)=C4c5c(B)c(B)c(B)c(B)c5N(C5=C(B)C(B)=C(B)C5B)C34)c12. The van der Waals surface area contributed by atoms with Crippen LogP contribution in [0.1, 0.15) is 45.4 Å². The highest BCUT2D eigenvalue weighted by molar-refractivity contribution is 6.76. The lowest BCUT2D eigenvalue weighted by molar-refractivity contribution is 0.682. The predicted octanol–water partition coefficient (Wildman–Crippen LogP) is -35.4. The fourth-order valence-corrected chi connectivity index (χ4v) is 20.6. The summed E-state index contributed by atoms with van der Waals surface area (Å²) in [6, 6.07) is -0.105. The molecule has 5 aliphatic carbocycles. The van der Waals surface area contributed by atoms with Gasteiger partial charge in [0.05, 0.1) is 6.04 Å². The summed E-state index contributed by atoms with van der Waals surface area (Å²) in [5.74, 6) is 3.54. The minimum atomic E-state index is -0.433. The molecule has 0 saturated carbocycles. The molecule has 7 aromatic carbocycles. The van der Waals surface area contributed by atoms with Gasteiger partial charge in [-0.25, -0.2) is 0 Å². The van der Waals surface area contributed by atoms with Crippen LogP contribution in [0.15, 0.2) is 60.5 Å². The Kier molecular flexibility index (Phi) is 15.6. The largest absolute Gasteiger partial charge is 0.334 e. The van der Waals surface area contributed by atoms with E-state index >= 15 is 0 Å². The lowest BCUT2D eigenvalue weighted by Gasteiger charge is -2.39. The first-order valence-corrected chi connectivity index (χ1v) is 35.1. The molecule has 0 N–H and O–H groups in total. The van der Waals surface area contributed by atoms with Gasteiger partial charge in [0.1, 0.15) is 259 Å². The number of allylic oxidation sites excluding steroid dienone is 13. The zero-order valence-electron chi connectivity index (χ0n) is 63.5. The average molecular weight is 1150 g/mol. The van der Waals surface area contributed by atoms with Gasteiger partial charge >= 0.3 is 0 Å². The molecule has 0 saturated heterocycles. The van der Waals surface area contributed by atoms with Crippen molar-refractivity contribution in [3.8, 4) is 12.3 Å². The van der Waals surface area contributed by atoms with Crippen molar-refractivity contribution in [1.82, 2.24) is 0 Å². The van der Waals surface area contributed by atoms with Crippen LogP contribution in [0.2, 0.25) is 11.6 Å². The van der Waals surface area contributed by atoms with Crippen molar-refractivity contribution in [1.29, 1.82) is 0 Å². The van der Waals surface area contributed by atoms with Gasteiger partial charge in [-0.05, 0) is 128 Å². The standard InChI is InChI=1S/C59H72B33N/c1-2-5(60)25(62)24(61)4-3-59(21-6(4)28(65)43(80)49(86)38(21)75)22-7(17-23(59)40(77)42(79)35(17)72)8(30(67)41(78)39(22)76)19-27(64)15(16-20-37(74)48(85)50(87)53(90)57(20)93(56(16)19)58-54(91)51(88)52(89)55(58)92)18-26(63)9-10(29(66)36(18)73)12-14(34(71)47(84)45(82)32(12)69)13-11(9)31(68)44(81)46(83)33(13)70/h1,35,54,56H,3,60-92H2/b24-4-,25-5-. The predicted molar refractivity (Wildman–Crippen MR) is 516 cm³/mol. The molecule has 1 spiro atoms. The molecule has 7 aromatic rings. The second-order valence-electron chi connectivity index (χ2n) is 31.0. The molecular formula is C59H72B33N. The molecular weight excluding hydrogens is 1080 g/mol. The zero-order chi connectivity index (χ0) is 68.2. The van der Waals surface area contributed by atoms with E-state index in [1.54, 1.807) is 16.7 Å². The van der Waals surface area contributed by atoms with Crippen LogP contribution in [0.25, 0.3) is 60.2 Å². The van der Waals surface area contributed by atoms with E-state index < -0.39 is 5.41 Å². The maximum atomic E-state index is 6.33. The van der Waals surface area contributed by atoms with Crippen LogP contribution in [0.5, 0.6) is 0 Å². The van der Waals surface area contributed by atoms with E-state index in [2.05, 4.69) is 270 Å². The van der Waals surface area contributed by atoms with Gasteiger partial charge in [-0.2, -0.15) is 0 Å². The van der Waals surface area contributed by atoms with Gasteiger partial charge in [0.15, 0.2) is 0 Å². The van der Waals surface area contributed by atoms with Crippen molar-refractivity contribution >= 4 is 445 Å². The highest BCUT2D eigenvalue weighted by Crippen LogP contribution is 2.67. The third kappa shape index (κ3) is 7.96. The first kappa shape index (κ1) is 66.4. The molecule has 13 rings (SSSR count). The molecule has 0 fully saturated rings. The third-order valence-corrected chi connectivity index (χ3v) is 28.3. The summed E-state index contributed by atoms with van der Waals surface area (Å²) in [6.45, 7) is 0. The molecule has 1 aliphatic heterocycles. The van der Waals surface area contributed by atoms with Gasteiger partial charge in [-0.3, -0.25) is 0 Å². The smallest absolute Gasteiger partial charge is 0.149 e. The van der Waals surface area contributed by atoms with Gasteiger partial charge < -0.3 is 4.90 Å². The van der Waals surface area contributed by atoms with Crippen LogP contribution in [0, 0.1) is 12.3 Å². The van der Waals surface area contributed by atoms with Crippen molar-refractivity contribution in [3.63, 3.8) is 0 Å². The summed E-state index contributed by atoms with van der Waals surface area (Å²) in [4.78, 5) is 2.98. The van der Waals surface area contributed by atoms with E-state index in [9.17, 15) is 0 Å². The van der Waals surface area contributed by atoms with Gasteiger partial charge in [0.25, 0.3) is 0 Å². The Labute approximate surface area is 586 Å². The number of anilines is 1. The number of rotatable bonds is 4. The normalized spacial score (nSPS) is 20.5. The lowest BCUT2D eigenvalue weighted by Crippen LogP contribution is -2.53. The van der Waals surface area contributed by atoms with Crippen molar-refractivity contribution in [2.45, 2.75) is 29.5 Å². The second-order valence-corrected chi connectivity index (χ2v) is 31.0. The zero-order valence-corrected chi connectivity index (χ0v) is 63.5. The van der Waals surface area contributed by atoms with Crippen LogP contribution in [-0.2, 0) is 5.41 Å². The molecule has 4 unspecified atom stereocenters. The van der Waals surface area contributed by atoms with Crippen molar-refractivity contribution in [3.05, 3.63) is 99.5 Å². The highest BCUT2D eigenvalue weighted by Gasteiger charge is 2.59. The van der Waals surface area contributed by atoms with Gasteiger partial charge in [-0.15, -0.1) is 66.5 Å². The molecule has 4 atom stereocenters. The molecule has 0 amide bonds. The molecule has 0 radical (unpaired) electrons. The molecule has 34 heteroatoms. The van der Waals surface area contributed by atoms with E-state index in [-0.39, 0.29) is 17.7 Å². The van der Waals surface area contributed by atoms with E-state index in [0.29, 0.717) is 0 Å². The number of terminal acetylenes is 1. The van der Waals surface area contributed by atoms with Gasteiger partial charge in [-0.1, -0.05) is 110 Å². The van der Waals surface area contributed by atoms with Crippen LogP contribution < -0.4 is 125 Å². The molecule has 93 heavy (non-hydrogen) atoms. The highest BCUT2D eigenvalue weighted by atomic mass is 15.2. The summed E-state index contributed by atoms with van der Waals surface area (Å²) >= 11 is 0. The van der Waals surface area contributed by atoms with E-state index in [1.807, 2.05) is 0 Å². The first-order valence-electron chi connectivity index (χ1n) is 35.1. The molecule has 0 bridgehead atoms. The summed E-state index contributed by atoms with van der Waals surface area (Å²) in [5.41, 5.74) is 65.3. The fraction of sp³-hybridized carbons (Fsp3) is 0.0847. The second kappa shape index (κ2) is 21.9. The van der Waals surface area contributed by atoms with Crippen LogP contribution in [-0.4, -0.2) is 265 Å². The van der Waals surface area contributed by atoms with Crippen molar-refractivity contribution in [2.75, 3.05) is 4.90 Å². The molecule has 1 nitrogen and oxygen atoms in total. The average Bonchev–Trinajstić information content (AvgIpc) is 1.52. The number of hydrogen-bond donors (Lipinski definition) is 0. The fourth-order valence-electron chi connectivity index (χ4n) is 20.6. The maximum Gasteiger partial charge on any atom is 0.149 e. The Morgan fingerprint density at radius 3 is 1.23 bits per heavy atom. The number of nitrogens with zero attached hydrogens (tertiary/aromatic N) is 1. The Balaban J connectivity index is 1.28. The molecule has 412 valence electrons. The number of fused-ring (bicyclic) bond motifs is 15. The van der Waals surface area contributed by atoms with Gasteiger partial charge in [0.2, 0.25) is 0 Å². The Bertz CT molecular complexity index is 5250. The van der Waals surface area contributed by atoms with Crippen LogP contribution >= 0.6 is 0 Å². The van der Waals surface area contributed by atoms with E-state index in [4.69, 9.17) is 6.42 Å². The monoisotopic (exact) mass is 1160 g/mol. The van der Waals surface area contributed by atoms with Crippen molar-refractivity contribution < 1.29 is 0 Å². The minimum absolute atomic E-state index is 0.105. The topological polar surface area (TPSA) is 3.24 Å². The Morgan fingerprint density at radius 2 is 0.753 bits per heavy atom. The first-order chi connectivity index (χ1) is 43.5. The van der Waals surface area contributed by atoms with Crippen LogP contribution in [0.3, 0.4) is 0 Å². The Morgan fingerprint density at radius 1 is 0.366 bits per heavy atom. The van der Waals surface area contributed by atoms with Crippen LogP contribution in [0.4, 0.5) is 5.69 Å². The van der Waals surface area contributed by atoms with Gasteiger partial charge in [0, 0.05) is 16.8 Å². The summed E-state index contributed by atoms with van der Waals surface area (Å²) in [6.07, 6.45) is 7.22. The van der Waals surface area contributed by atoms with Crippen molar-refractivity contribution in [2.24, 2.45) is 0 Å². The summed E-state index contributed by atoms with van der Waals surface area (Å²) < 4.78 is 0. The maximum absolute atomic E-state index is 6.33. The molecule has 6 aliphatic rings. The van der Waals surface area contributed by atoms with E-state index in [0.717, 1.165) is 11.9 Å². The number of benzene rings is 7. The van der Waals surface area contributed by atoms with E-state index in [1.165, 1.54) is 263 Å². The lowest BCUT2D eigenvalue weighted by atomic mass is 9.55. The summed E-state index contributed by atoms with van der Waals surface area (Å²) in [5, 5.41) is 8.65. The number of hydrogen-bond acceptors (Lipinski definition) is 1. The molecule has 1 heterocycles. The quantitative estimate of drug-likeness (QED) is 0.0964.